The van der Waals surface area contributed by atoms with E-state index in [1.165, 1.54) is 20.5 Å². The molecule has 9 heteroatoms. The highest BCUT2D eigenvalue weighted by Gasteiger charge is 2.46. The first-order valence-corrected chi connectivity index (χ1v) is 14.0. The van der Waals surface area contributed by atoms with Crippen molar-refractivity contribution in [2.24, 2.45) is 0 Å². The zero-order chi connectivity index (χ0) is 26.6. The molecule has 8 nitrogen and oxygen atoms in total. The summed E-state index contributed by atoms with van der Waals surface area (Å²) < 4.78 is 45.0. The maximum absolute atomic E-state index is 14.5. The molecule has 0 radical (unpaired) electrons. The number of esters is 1. The van der Waals surface area contributed by atoms with Gasteiger partial charge < -0.3 is 18.8 Å². The molecule has 1 aliphatic rings. The Morgan fingerprint density at radius 1 is 1.11 bits per heavy atom. The minimum atomic E-state index is -3.99. The second-order valence-electron chi connectivity index (χ2n) is 8.98. The lowest BCUT2D eigenvalue weighted by Gasteiger charge is -2.47. The van der Waals surface area contributed by atoms with Crippen molar-refractivity contribution in [2.45, 2.75) is 36.6 Å². The van der Waals surface area contributed by atoms with Crippen LogP contribution in [-0.2, 0) is 14.6 Å². The van der Waals surface area contributed by atoms with Gasteiger partial charge in [0, 0.05) is 30.3 Å². The number of methoxy groups -OCH3 is 2. The third kappa shape index (κ3) is 5.16. The van der Waals surface area contributed by atoms with Gasteiger partial charge in [-0.3, -0.25) is 4.90 Å². The van der Waals surface area contributed by atoms with Crippen LogP contribution in [0.25, 0.3) is 11.1 Å². The first-order valence-electron chi connectivity index (χ1n) is 12.5. The predicted octanol–water partition coefficient (Wildman–Crippen LogP) is 4.63. The molecular weight excluding hydrogens is 492 g/mol. The number of benzene rings is 2. The smallest absolute Gasteiger partial charge is 0.342 e. The Morgan fingerprint density at radius 3 is 2.38 bits per heavy atom. The van der Waals surface area contributed by atoms with Gasteiger partial charge in [0.25, 0.3) is 0 Å². The lowest BCUT2D eigenvalue weighted by Crippen LogP contribution is -2.56. The fraction of sp³-hybridized carbons (Fsp3) is 0.393. The van der Waals surface area contributed by atoms with Crippen molar-refractivity contribution in [1.82, 2.24) is 9.80 Å². The molecule has 1 aliphatic heterocycles. The van der Waals surface area contributed by atoms with Gasteiger partial charge in [0.15, 0.2) is 9.84 Å². The van der Waals surface area contributed by atoms with Crippen molar-refractivity contribution in [3.8, 4) is 16.9 Å². The van der Waals surface area contributed by atoms with E-state index < -0.39 is 21.2 Å². The van der Waals surface area contributed by atoms with E-state index in [0.717, 1.165) is 26.1 Å². The molecule has 37 heavy (non-hydrogen) atoms. The number of hydrogen-bond acceptors (Lipinski definition) is 8. The molecule has 0 aliphatic carbocycles. The van der Waals surface area contributed by atoms with Gasteiger partial charge in [0.2, 0.25) is 0 Å². The van der Waals surface area contributed by atoms with E-state index >= 15 is 0 Å². The van der Waals surface area contributed by atoms with E-state index in [0.29, 0.717) is 23.2 Å². The van der Waals surface area contributed by atoms with Crippen LogP contribution in [0.1, 0.15) is 41.6 Å². The molecule has 2 heterocycles. The molecular formula is C28H34N2O6S. The maximum atomic E-state index is 14.5. The van der Waals surface area contributed by atoms with Crippen molar-refractivity contribution in [3.63, 3.8) is 0 Å². The molecule has 4 rings (SSSR count). The fourth-order valence-electron chi connectivity index (χ4n) is 4.99. The first-order chi connectivity index (χ1) is 17.9. The molecule has 0 bridgehead atoms. The van der Waals surface area contributed by atoms with Crippen LogP contribution < -0.4 is 4.74 Å². The van der Waals surface area contributed by atoms with Crippen molar-refractivity contribution < 1.29 is 27.1 Å². The Balaban J connectivity index is 2.01. The van der Waals surface area contributed by atoms with Gasteiger partial charge in [0.05, 0.1) is 31.6 Å². The Bertz CT molecular complexity index is 1300. The lowest BCUT2D eigenvalue weighted by molar-refractivity contribution is 0.0435. The second kappa shape index (κ2) is 11.5. The number of furan rings is 1. The van der Waals surface area contributed by atoms with Gasteiger partial charge in [-0.1, -0.05) is 38.1 Å². The molecule has 198 valence electrons. The van der Waals surface area contributed by atoms with Crippen LogP contribution in [0.3, 0.4) is 0 Å². The molecule has 1 fully saturated rings. The summed E-state index contributed by atoms with van der Waals surface area (Å²) in [6.07, 6.45) is 3.92. The highest BCUT2D eigenvalue weighted by Crippen LogP contribution is 2.46. The molecule has 0 amide bonds. The summed E-state index contributed by atoms with van der Waals surface area (Å²) in [5.41, 5.74) is 1.67. The normalized spacial score (nSPS) is 16.8. The van der Waals surface area contributed by atoms with E-state index in [-0.39, 0.29) is 22.3 Å². The average molecular weight is 527 g/mol. The van der Waals surface area contributed by atoms with Crippen LogP contribution in [-0.4, -0.2) is 70.6 Å². The molecule has 0 N–H and O–H groups in total. The number of likely N-dealkylation sites (tertiary alicyclic amines) is 1. The Morgan fingerprint density at radius 2 is 1.84 bits per heavy atom. The summed E-state index contributed by atoms with van der Waals surface area (Å²) >= 11 is 0. The fourth-order valence-corrected chi connectivity index (χ4v) is 6.98. The average Bonchev–Trinajstić information content (AvgIpc) is 3.45. The summed E-state index contributed by atoms with van der Waals surface area (Å²) in [5, 5.41) is -1.14. The zero-order valence-corrected chi connectivity index (χ0v) is 22.5. The van der Waals surface area contributed by atoms with Gasteiger partial charge in [-0.2, -0.15) is 0 Å². The number of hydrogen-bond donors (Lipinski definition) is 0. The van der Waals surface area contributed by atoms with Crippen molar-refractivity contribution in [1.29, 1.82) is 0 Å². The number of likely N-dealkylation sites (N-methyl/N-ethyl adjacent to an activating group) is 1. The lowest BCUT2D eigenvalue weighted by atomic mass is 9.92. The number of sulfone groups is 1. The van der Waals surface area contributed by atoms with Gasteiger partial charge in [0.1, 0.15) is 16.7 Å². The SMILES string of the molecule is CCN(CC)CC1CCN1C(c1c(-c2ccoc2)ccc(OC)c1C(=O)OC)S(=O)(=O)c1ccccc1. The van der Waals surface area contributed by atoms with E-state index in [4.69, 9.17) is 13.9 Å². The summed E-state index contributed by atoms with van der Waals surface area (Å²) in [7, 11) is -1.25. The first kappa shape index (κ1) is 26.9. The number of nitrogens with zero attached hydrogens (tertiary/aromatic N) is 2. The van der Waals surface area contributed by atoms with E-state index in [9.17, 15) is 13.2 Å². The van der Waals surface area contributed by atoms with Crippen LogP contribution >= 0.6 is 0 Å². The third-order valence-corrected chi connectivity index (χ3v) is 9.14. The van der Waals surface area contributed by atoms with Crippen molar-refractivity contribution >= 4 is 15.8 Å². The summed E-state index contributed by atoms with van der Waals surface area (Å²) in [5.74, 6) is -0.408. The minimum Gasteiger partial charge on any atom is -0.496 e. The number of rotatable bonds is 11. The summed E-state index contributed by atoms with van der Waals surface area (Å²) in [6.45, 7) is 7.23. The van der Waals surface area contributed by atoms with Gasteiger partial charge in [-0.25, -0.2) is 13.2 Å². The van der Waals surface area contributed by atoms with Crippen LogP contribution in [0.4, 0.5) is 0 Å². The summed E-state index contributed by atoms with van der Waals surface area (Å²) in [6, 6.07) is 13.6. The summed E-state index contributed by atoms with van der Waals surface area (Å²) in [4.78, 5) is 17.7. The molecule has 2 unspecified atom stereocenters. The monoisotopic (exact) mass is 526 g/mol. The largest absolute Gasteiger partial charge is 0.496 e. The van der Waals surface area contributed by atoms with Gasteiger partial charge in [-0.15, -0.1) is 0 Å². The third-order valence-electron chi connectivity index (χ3n) is 7.12. The van der Waals surface area contributed by atoms with Crippen LogP contribution in [0.15, 0.2) is 70.4 Å². The molecule has 0 spiro atoms. The van der Waals surface area contributed by atoms with Crippen LogP contribution in [0.2, 0.25) is 0 Å². The quantitative estimate of drug-likeness (QED) is 0.334. The van der Waals surface area contributed by atoms with Crippen LogP contribution in [0.5, 0.6) is 5.75 Å². The van der Waals surface area contributed by atoms with Gasteiger partial charge in [-0.05, 0) is 49.3 Å². The maximum Gasteiger partial charge on any atom is 0.342 e. The molecule has 0 saturated carbocycles. The Kier molecular flexibility index (Phi) is 8.36. The van der Waals surface area contributed by atoms with Crippen LogP contribution in [0, 0.1) is 0 Å². The Labute approximate surface area is 218 Å². The number of carbonyl (C=O) groups is 1. The van der Waals surface area contributed by atoms with E-state index in [2.05, 4.69) is 18.7 Å². The highest BCUT2D eigenvalue weighted by atomic mass is 32.2. The van der Waals surface area contributed by atoms with E-state index in [1.54, 1.807) is 54.8 Å². The molecule has 3 aromatic rings. The zero-order valence-electron chi connectivity index (χ0n) is 21.7. The molecule has 1 saturated heterocycles. The highest BCUT2D eigenvalue weighted by molar-refractivity contribution is 7.91. The Hall–Kier alpha value is -3.14. The van der Waals surface area contributed by atoms with E-state index in [1.807, 2.05) is 4.90 Å². The number of ether oxygens (including phenoxy) is 2. The molecule has 2 atom stereocenters. The topological polar surface area (TPSA) is 89.3 Å². The molecule has 2 aromatic carbocycles. The van der Waals surface area contributed by atoms with Crippen molar-refractivity contribution in [3.05, 3.63) is 72.2 Å². The second-order valence-corrected chi connectivity index (χ2v) is 11.0. The molecule has 1 aromatic heterocycles. The predicted molar refractivity (Wildman–Crippen MR) is 141 cm³/mol. The number of carbonyl (C=O) groups excluding carboxylic acids is 1. The van der Waals surface area contributed by atoms with Gasteiger partial charge >= 0.3 is 5.97 Å². The minimum absolute atomic E-state index is 0.00251. The van der Waals surface area contributed by atoms with Crippen molar-refractivity contribution in [2.75, 3.05) is 40.4 Å². The standard InChI is InChI=1S/C28H34N2O6S/c1-5-29(6-2)18-21-14-16-30(21)27(37(32,33)22-10-8-7-9-11-22)25-23(20-15-17-36-19-20)12-13-24(34-3)26(25)28(31)35-4/h7-13,15,17,19,21,27H,5-6,14,16,18H2,1-4H3.